The summed E-state index contributed by atoms with van der Waals surface area (Å²) < 4.78 is 12.3. The van der Waals surface area contributed by atoms with E-state index in [0.717, 1.165) is 4.47 Å². The number of aliphatic carboxylic acids is 1. The maximum Gasteiger partial charge on any atom is 0.344 e. The van der Waals surface area contributed by atoms with Gasteiger partial charge in [-0.05, 0) is 47.1 Å². The van der Waals surface area contributed by atoms with Gasteiger partial charge in [0.1, 0.15) is 11.5 Å². The van der Waals surface area contributed by atoms with Crippen LogP contribution in [0.4, 0.5) is 5.69 Å². The number of hydrogen-bond donors (Lipinski definition) is 1. The van der Waals surface area contributed by atoms with Crippen molar-refractivity contribution in [1.82, 2.24) is 0 Å². The van der Waals surface area contributed by atoms with Crippen molar-refractivity contribution in [2.24, 2.45) is 0 Å². The Bertz CT molecular complexity index is 796. The summed E-state index contributed by atoms with van der Waals surface area (Å²) in [6.45, 7) is 1.28. The molecule has 1 atom stereocenters. The molecular formula is C15H11Br2NO6. The molecule has 0 aromatic heterocycles. The number of hydrogen-bond acceptors (Lipinski definition) is 5. The quantitative estimate of drug-likeness (QED) is 0.492. The van der Waals surface area contributed by atoms with E-state index in [2.05, 4.69) is 31.9 Å². The first-order valence-corrected chi connectivity index (χ1v) is 8.17. The zero-order valence-corrected chi connectivity index (χ0v) is 15.4. The maximum atomic E-state index is 11.1. The van der Waals surface area contributed by atoms with Gasteiger partial charge in [0.2, 0.25) is 5.75 Å². The molecule has 7 nitrogen and oxygen atoms in total. The van der Waals surface area contributed by atoms with Crippen molar-refractivity contribution in [3.05, 3.63) is 55.5 Å². The summed E-state index contributed by atoms with van der Waals surface area (Å²) in [4.78, 5) is 21.3. The molecule has 0 aliphatic rings. The summed E-state index contributed by atoms with van der Waals surface area (Å²) in [5, 5.41) is 20.0. The second-order valence-electron chi connectivity index (χ2n) is 4.66. The van der Waals surface area contributed by atoms with Crippen LogP contribution in [0, 0.1) is 10.1 Å². The number of nitrogens with zero attached hydrogens (tertiary/aromatic N) is 1. The van der Waals surface area contributed by atoms with Crippen molar-refractivity contribution in [3.63, 3.8) is 0 Å². The third-order valence-electron chi connectivity index (χ3n) is 2.90. The zero-order chi connectivity index (χ0) is 17.9. The monoisotopic (exact) mass is 459 g/mol. The molecule has 0 fully saturated rings. The van der Waals surface area contributed by atoms with Gasteiger partial charge in [-0.15, -0.1) is 0 Å². The average Bonchev–Trinajstić information content (AvgIpc) is 2.50. The van der Waals surface area contributed by atoms with E-state index in [0.29, 0.717) is 10.2 Å². The van der Waals surface area contributed by atoms with Crippen molar-refractivity contribution < 1.29 is 24.3 Å². The number of benzene rings is 2. The zero-order valence-electron chi connectivity index (χ0n) is 12.2. The molecule has 24 heavy (non-hydrogen) atoms. The fourth-order valence-corrected chi connectivity index (χ4v) is 2.86. The van der Waals surface area contributed by atoms with Gasteiger partial charge >= 0.3 is 11.7 Å². The Morgan fingerprint density at radius 2 is 1.92 bits per heavy atom. The molecule has 0 bridgehead atoms. The van der Waals surface area contributed by atoms with Gasteiger partial charge in [-0.25, -0.2) is 4.79 Å². The molecule has 0 heterocycles. The van der Waals surface area contributed by atoms with Crippen molar-refractivity contribution >= 4 is 43.5 Å². The van der Waals surface area contributed by atoms with E-state index in [1.807, 2.05) is 0 Å². The van der Waals surface area contributed by atoms with Crippen LogP contribution in [-0.2, 0) is 4.79 Å². The summed E-state index contributed by atoms with van der Waals surface area (Å²) in [5.41, 5.74) is -0.342. The van der Waals surface area contributed by atoms with E-state index >= 15 is 0 Å². The number of carbonyl (C=O) groups is 1. The lowest BCUT2D eigenvalue weighted by molar-refractivity contribution is -0.386. The number of carboxylic acid groups (broad SMARTS) is 1. The second-order valence-corrected chi connectivity index (χ2v) is 6.43. The minimum absolute atomic E-state index is 0.180. The summed E-state index contributed by atoms with van der Waals surface area (Å²) in [5.74, 6) is -0.646. The Labute approximate surface area is 153 Å². The van der Waals surface area contributed by atoms with Crippen LogP contribution >= 0.6 is 31.9 Å². The first-order chi connectivity index (χ1) is 11.3. The largest absolute Gasteiger partial charge is 0.479 e. The summed E-state index contributed by atoms with van der Waals surface area (Å²) in [7, 11) is 0. The highest BCUT2D eigenvalue weighted by Gasteiger charge is 2.21. The Morgan fingerprint density at radius 1 is 1.21 bits per heavy atom. The second kappa shape index (κ2) is 7.63. The van der Waals surface area contributed by atoms with Gasteiger partial charge in [-0.3, -0.25) is 10.1 Å². The lowest BCUT2D eigenvalue weighted by Gasteiger charge is -2.13. The van der Waals surface area contributed by atoms with E-state index in [1.54, 1.807) is 18.2 Å². The van der Waals surface area contributed by atoms with Crippen LogP contribution in [0.1, 0.15) is 6.92 Å². The van der Waals surface area contributed by atoms with Gasteiger partial charge in [0.25, 0.3) is 0 Å². The number of nitro groups is 1. The standard InChI is InChI=1S/C15H11Br2NO6/c1-8(15(19)20)23-14-7-10(3-4-12(14)18(21)22)24-13-5-2-9(16)6-11(13)17/h2-8H,1H3,(H,19,20). The van der Waals surface area contributed by atoms with Crippen molar-refractivity contribution in [2.45, 2.75) is 13.0 Å². The van der Waals surface area contributed by atoms with Crippen LogP contribution in [0.2, 0.25) is 0 Å². The SMILES string of the molecule is CC(Oc1cc(Oc2ccc(Br)cc2Br)ccc1[N+](=O)[O-])C(=O)O. The van der Waals surface area contributed by atoms with Crippen LogP contribution in [0.5, 0.6) is 17.2 Å². The van der Waals surface area contributed by atoms with Gasteiger partial charge in [0.05, 0.1) is 9.40 Å². The molecule has 1 unspecified atom stereocenters. The minimum Gasteiger partial charge on any atom is -0.479 e. The molecule has 126 valence electrons. The highest BCUT2D eigenvalue weighted by atomic mass is 79.9. The molecule has 0 amide bonds. The number of carboxylic acids is 1. The summed E-state index contributed by atoms with van der Waals surface area (Å²) in [6, 6.07) is 9.15. The first kappa shape index (κ1) is 18.2. The minimum atomic E-state index is -1.24. The lowest BCUT2D eigenvalue weighted by Crippen LogP contribution is -2.23. The molecule has 0 aliphatic carbocycles. The van der Waals surface area contributed by atoms with Crippen molar-refractivity contribution in [3.8, 4) is 17.2 Å². The number of rotatable bonds is 6. The fourth-order valence-electron chi connectivity index (χ4n) is 1.73. The smallest absolute Gasteiger partial charge is 0.344 e. The average molecular weight is 461 g/mol. The Balaban J connectivity index is 2.34. The molecular weight excluding hydrogens is 450 g/mol. The molecule has 0 spiro atoms. The number of ether oxygens (including phenoxy) is 2. The highest BCUT2D eigenvalue weighted by Crippen LogP contribution is 2.36. The lowest BCUT2D eigenvalue weighted by atomic mass is 10.2. The van der Waals surface area contributed by atoms with Crippen molar-refractivity contribution in [2.75, 3.05) is 0 Å². The fraction of sp³-hybridized carbons (Fsp3) is 0.133. The molecule has 0 radical (unpaired) electrons. The summed E-state index contributed by atoms with van der Waals surface area (Å²) in [6.07, 6.45) is -1.24. The van der Waals surface area contributed by atoms with E-state index < -0.39 is 17.0 Å². The van der Waals surface area contributed by atoms with Gasteiger partial charge in [-0.2, -0.15) is 0 Å². The van der Waals surface area contributed by atoms with Gasteiger partial charge in [0, 0.05) is 16.6 Å². The number of nitro benzene ring substituents is 1. The van der Waals surface area contributed by atoms with Gasteiger partial charge in [0.15, 0.2) is 6.10 Å². The van der Waals surface area contributed by atoms with Gasteiger partial charge in [-0.1, -0.05) is 15.9 Å². The molecule has 2 aromatic carbocycles. The Kier molecular flexibility index (Phi) is 5.79. The molecule has 2 aromatic rings. The molecule has 1 N–H and O–H groups in total. The van der Waals surface area contributed by atoms with E-state index in [9.17, 15) is 14.9 Å². The predicted molar refractivity (Wildman–Crippen MR) is 92.7 cm³/mol. The first-order valence-electron chi connectivity index (χ1n) is 6.58. The maximum absolute atomic E-state index is 11.1. The highest BCUT2D eigenvalue weighted by molar-refractivity contribution is 9.11. The van der Waals surface area contributed by atoms with E-state index in [1.165, 1.54) is 25.1 Å². The van der Waals surface area contributed by atoms with Crippen LogP contribution in [-0.4, -0.2) is 22.1 Å². The van der Waals surface area contributed by atoms with Crippen molar-refractivity contribution in [1.29, 1.82) is 0 Å². The summed E-state index contributed by atoms with van der Waals surface area (Å²) >= 11 is 6.67. The molecule has 0 saturated heterocycles. The van der Waals surface area contributed by atoms with Gasteiger partial charge < -0.3 is 14.6 Å². The van der Waals surface area contributed by atoms with Crippen LogP contribution in [0.25, 0.3) is 0 Å². The number of halogens is 2. The van der Waals surface area contributed by atoms with Crippen LogP contribution in [0.3, 0.4) is 0 Å². The Hall–Kier alpha value is -2.13. The van der Waals surface area contributed by atoms with E-state index in [4.69, 9.17) is 14.6 Å². The topological polar surface area (TPSA) is 98.9 Å². The third kappa shape index (κ3) is 4.45. The van der Waals surface area contributed by atoms with Crippen LogP contribution in [0.15, 0.2) is 45.3 Å². The molecule has 0 aliphatic heterocycles. The molecule has 2 rings (SSSR count). The third-order valence-corrected chi connectivity index (χ3v) is 4.01. The normalized spacial score (nSPS) is 11.6. The predicted octanol–water partition coefficient (Wildman–Crippen LogP) is 4.76. The van der Waals surface area contributed by atoms with Crippen LogP contribution < -0.4 is 9.47 Å². The Morgan fingerprint density at radius 3 is 2.50 bits per heavy atom. The van der Waals surface area contributed by atoms with E-state index in [-0.39, 0.29) is 17.2 Å². The molecule has 0 saturated carbocycles. The molecule has 9 heteroatoms.